The number of hydrogen-bond acceptors (Lipinski definition) is 4. The fourth-order valence-corrected chi connectivity index (χ4v) is 3.17. The highest BCUT2D eigenvalue weighted by Crippen LogP contribution is 2.13. The van der Waals surface area contributed by atoms with Gasteiger partial charge in [0.1, 0.15) is 9.84 Å². The second-order valence-electron chi connectivity index (χ2n) is 5.99. The summed E-state index contributed by atoms with van der Waals surface area (Å²) in [5.74, 6) is 0.795. The fourth-order valence-electron chi connectivity index (χ4n) is 2.38. The van der Waals surface area contributed by atoms with Gasteiger partial charge in [-0.05, 0) is 25.0 Å². The van der Waals surface area contributed by atoms with Crippen molar-refractivity contribution in [1.82, 2.24) is 20.2 Å². The molecule has 0 fully saturated rings. The van der Waals surface area contributed by atoms with Gasteiger partial charge in [0.05, 0.1) is 17.8 Å². The van der Waals surface area contributed by atoms with Crippen LogP contribution in [0, 0.1) is 0 Å². The minimum Gasteiger partial charge on any atom is -0.354 e. The molecule has 0 aliphatic heterocycles. The third kappa shape index (κ3) is 6.22. The number of hydrogen-bond donors (Lipinski definition) is 2. The Morgan fingerprint density at radius 3 is 2.76 bits per heavy atom. The van der Waals surface area contributed by atoms with Crippen LogP contribution in [0.1, 0.15) is 18.9 Å². The molecule has 1 heterocycles. The van der Waals surface area contributed by atoms with Crippen LogP contribution in [0.4, 0.5) is 0 Å². The van der Waals surface area contributed by atoms with Gasteiger partial charge in [-0.25, -0.2) is 13.4 Å². The van der Waals surface area contributed by atoms with Gasteiger partial charge >= 0.3 is 0 Å². The van der Waals surface area contributed by atoms with E-state index in [1.807, 2.05) is 42.0 Å². The lowest BCUT2D eigenvalue weighted by atomic mass is 10.1. The van der Waals surface area contributed by atoms with Gasteiger partial charge in [-0.1, -0.05) is 18.2 Å². The molecule has 2 N–H and O–H groups in total. The van der Waals surface area contributed by atoms with E-state index in [-0.39, 0.29) is 11.8 Å². The Balaban J connectivity index is 1.96. The second kappa shape index (κ2) is 8.66. The summed E-state index contributed by atoms with van der Waals surface area (Å²) in [6.07, 6.45) is 7.19. The number of nitrogens with zero attached hydrogens (tertiary/aromatic N) is 3. The van der Waals surface area contributed by atoms with Crippen molar-refractivity contribution >= 4 is 15.8 Å². The molecule has 1 aromatic carbocycles. The van der Waals surface area contributed by atoms with E-state index in [9.17, 15) is 8.42 Å². The first-order chi connectivity index (χ1) is 11.9. The standard InChI is InChI=1S/C17H25N5O2S/c1-14(8-11-25(3,23)24)21-17(18-2)20-12-15-6-4-5-7-16(15)22-10-9-19-13-22/h4-7,9-10,13-14H,8,11-12H2,1-3H3,(H2,18,20,21). The Labute approximate surface area is 149 Å². The highest BCUT2D eigenvalue weighted by molar-refractivity contribution is 7.90. The minimum absolute atomic E-state index is 0.00446. The van der Waals surface area contributed by atoms with Crippen molar-refractivity contribution in [3.63, 3.8) is 0 Å². The van der Waals surface area contributed by atoms with E-state index < -0.39 is 9.84 Å². The molecule has 1 unspecified atom stereocenters. The average molecular weight is 363 g/mol. The first-order valence-electron chi connectivity index (χ1n) is 8.10. The predicted octanol–water partition coefficient (Wildman–Crippen LogP) is 1.36. The number of aliphatic imine (C=N–C) groups is 1. The van der Waals surface area contributed by atoms with Gasteiger partial charge in [-0.2, -0.15) is 0 Å². The molecule has 1 aromatic heterocycles. The Kier molecular flexibility index (Phi) is 6.58. The topological polar surface area (TPSA) is 88.4 Å². The minimum atomic E-state index is -2.96. The molecule has 0 saturated heterocycles. The molecule has 0 radical (unpaired) electrons. The summed E-state index contributed by atoms with van der Waals surface area (Å²) in [4.78, 5) is 8.29. The number of para-hydroxylation sites is 1. The van der Waals surface area contributed by atoms with Crippen LogP contribution < -0.4 is 10.6 Å². The van der Waals surface area contributed by atoms with E-state index in [0.29, 0.717) is 18.9 Å². The lowest BCUT2D eigenvalue weighted by Gasteiger charge is -2.18. The number of imidazole rings is 1. The van der Waals surface area contributed by atoms with Crippen molar-refractivity contribution in [2.75, 3.05) is 19.1 Å². The van der Waals surface area contributed by atoms with Gasteiger partial charge in [0.15, 0.2) is 5.96 Å². The van der Waals surface area contributed by atoms with Crippen LogP contribution in [0.5, 0.6) is 0 Å². The summed E-state index contributed by atoms with van der Waals surface area (Å²) in [5.41, 5.74) is 2.15. The zero-order valence-electron chi connectivity index (χ0n) is 14.8. The predicted molar refractivity (Wildman–Crippen MR) is 101 cm³/mol. The molecule has 25 heavy (non-hydrogen) atoms. The van der Waals surface area contributed by atoms with Crippen molar-refractivity contribution in [1.29, 1.82) is 0 Å². The van der Waals surface area contributed by atoms with Crippen LogP contribution in [0.15, 0.2) is 48.0 Å². The lowest BCUT2D eigenvalue weighted by molar-refractivity contribution is 0.581. The molecule has 8 heteroatoms. The van der Waals surface area contributed by atoms with E-state index >= 15 is 0 Å². The first kappa shape index (κ1) is 19.0. The van der Waals surface area contributed by atoms with Crippen molar-refractivity contribution in [2.24, 2.45) is 4.99 Å². The van der Waals surface area contributed by atoms with E-state index in [0.717, 1.165) is 11.3 Å². The van der Waals surface area contributed by atoms with Crippen molar-refractivity contribution in [3.8, 4) is 5.69 Å². The summed E-state index contributed by atoms with van der Waals surface area (Å²) >= 11 is 0. The quantitative estimate of drug-likeness (QED) is 0.573. The summed E-state index contributed by atoms with van der Waals surface area (Å²) in [6.45, 7) is 2.53. The Hall–Kier alpha value is -2.35. The van der Waals surface area contributed by atoms with Crippen LogP contribution >= 0.6 is 0 Å². The van der Waals surface area contributed by atoms with E-state index in [1.54, 1.807) is 19.6 Å². The largest absolute Gasteiger partial charge is 0.354 e. The molecular weight excluding hydrogens is 338 g/mol. The maximum Gasteiger partial charge on any atom is 0.191 e. The summed E-state index contributed by atoms with van der Waals surface area (Å²) < 4.78 is 24.5. The second-order valence-corrected chi connectivity index (χ2v) is 8.25. The third-order valence-electron chi connectivity index (χ3n) is 3.75. The van der Waals surface area contributed by atoms with E-state index in [4.69, 9.17) is 0 Å². The summed E-state index contributed by atoms with van der Waals surface area (Å²) in [6, 6.07) is 8.05. The van der Waals surface area contributed by atoms with E-state index in [1.165, 1.54) is 6.26 Å². The SMILES string of the molecule is CN=C(NCc1ccccc1-n1ccnc1)NC(C)CCS(C)(=O)=O. The molecule has 0 spiro atoms. The monoisotopic (exact) mass is 363 g/mol. The molecule has 0 aliphatic rings. The maximum atomic E-state index is 11.3. The van der Waals surface area contributed by atoms with Crippen molar-refractivity contribution in [3.05, 3.63) is 48.5 Å². The number of rotatable bonds is 7. The Morgan fingerprint density at radius 2 is 2.12 bits per heavy atom. The summed E-state index contributed by atoms with van der Waals surface area (Å²) in [5, 5.41) is 6.49. The zero-order chi connectivity index (χ0) is 18.3. The van der Waals surface area contributed by atoms with Gasteiger partial charge in [0.25, 0.3) is 0 Å². The molecule has 0 bridgehead atoms. The molecule has 0 aliphatic carbocycles. The molecule has 136 valence electrons. The molecule has 2 aromatic rings. The van der Waals surface area contributed by atoms with Gasteiger partial charge in [-0.15, -0.1) is 0 Å². The number of benzene rings is 1. The van der Waals surface area contributed by atoms with Gasteiger partial charge in [-0.3, -0.25) is 4.99 Å². The van der Waals surface area contributed by atoms with Gasteiger partial charge in [0, 0.05) is 38.3 Å². The van der Waals surface area contributed by atoms with Crippen LogP contribution in [-0.2, 0) is 16.4 Å². The molecule has 0 amide bonds. The smallest absolute Gasteiger partial charge is 0.191 e. The van der Waals surface area contributed by atoms with Gasteiger partial charge < -0.3 is 15.2 Å². The number of guanidine groups is 1. The number of aromatic nitrogens is 2. The highest BCUT2D eigenvalue weighted by atomic mass is 32.2. The van der Waals surface area contributed by atoms with Crippen molar-refractivity contribution < 1.29 is 8.42 Å². The summed E-state index contributed by atoms with van der Waals surface area (Å²) in [7, 11) is -1.26. The van der Waals surface area contributed by atoms with Crippen LogP contribution in [0.3, 0.4) is 0 Å². The Morgan fingerprint density at radius 1 is 1.36 bits per heavy atom. The third-order valence-corrected chi connectivity index (χ3v) is 4.73. The lowest BCUT2D eigenvalue weighted by Crippen LogP contribution is -2.42. The molecule has 2 rings (SSSR count). The molecule has 7 nitrogen and oxygen atoms in total. The fraction of sp³-hybridized carbons (Fsp3) is 0.412. The number of nitrogens with one attached hydrogen (secondary N) is 2. The number of sulfone groups is 1. The van der Waals surface area contributed by atoms with Crippen LogP contribution in [0.2, 0.25) is 0 Å². The average Bonchev–Trinajstić information content (AvgIpc) is 3.10. The first-order valence-corrected chi connectivity index (χ1v) is 10.2. The molecule has 1 atom stereocenters. The zero-order valence-corrected chi connectivity index (χ0v) is 15.6. The van der Waals surface area contributed by atoms with Crippen molar-refractivity contribution in [2.45, 2.75) is 25.9 Å². The highest BCUT2D eigenvalue weighted by Gasteiger charge is 2.10. The van der Waals surface area contributed by atoms with E-state index in [2.05, 4.69) is 20.6 Å². The normalized spacial score (nSPS) is 13.5. The van der Waals surface area contributed by atoms with Crippen LogP contribution in [-0.4, -0.2) is 49.0 Å². The molecule has 0 saturated carbocycles. The molecular formula is C17H25N5O2S. The maximum absolute atomic E-state index is 11.3. The van der Waals surface area contributed by atoms with Gasteiger partial charge in [0.2, 0.25) is 0 Å². The van der Waals surface area contributed by atoms with Crippen LogP contribution in [0.25, 0.3) is 5.69 Å². The Bertz CT molecular complexity index is 800.